The number of nitrogens with zero attached hydrogens (tertiary/aromatic N) is 3. The Hall–Kier alpha value is -2.41. The first-order valence-corrected chi connectivity index (χ1v) is 6.70. The number of aliphatic hydroxyl groups excluding tert-OH is 1. The SMILES string of the molecule is CNC(=O)c1nc(-c2cnn(CCCO)c2C)ccc1N. The first-order chi connectivity index (χ1) is 10.1. The molecule has 21 heavy (non-hydrogen) atoms. The number of amides is 1. The molecule has 112 valence electrons. The fourth-order valence-corrected chi connectivity index (χ4v) is 2.06. The maximum absolute atomic E-state index is 11.7. The van der Waals surface area contributed by atoms with Gasteiger partial charge in [0.2, 0.25) is 0 Å². The van der Waals surface area contributed by atoms with Crippen molar-refractivity contribution in [1.82, 2.24) is 20.1 Å². The summed E-state index contributed by atoms with van der Waals surface area (Å²) in [7, 11) is 1.54. The van der Waals surface area contributed by atoms with Gasteiger partial charge in [0.1, 0.15) is 0 Å². The zero-order valence-electron chi connectivity index (χ0n) is 12.1. The normalized spacial score (nSPS) is 10.6. The zero-order valence-corrected chi connectivity index (χ0v) is 12.1. The third kappa shape index (κ3) is 3.03. The van der Waals surface area contributed by atoms with Crippen LogP contribution < -0.4 is 11.1 Å². The molecule has 4 N–H and O–H groups in total. The van der Waals surface area contributed by atoms with Crippen molar-refractivity contribution in [2.45, 2.75) is 19.9 Å². The summed E-state index contributed by atoms with van der Waals surface area (Å²) >= 11 is 0. The van der Waals surface area contributed by atoms with Crippen LogP contribution in [0.3, 0.4) is 0 Å². The van der Waals surface area contributed by atoms with Crippen LogP contribution in [0.1, 0.15) is 22.6 Å². The predicted molar refractivity (Wildman–Crippen MR) is 79.7 cm³/mol. The largest absolute Gasteiger partial charge is 0.397 e. The van der Waals surface area contributed by atoms with E-state index in [1.54, 1.807) is 18.3 Å². The highest BCUT2D eigenvalue weighted by Gasteiger charge is 2.15. The molecule has 7 nitrogen and oxygen atoms in total. The zero-order chi connectivity index (χ0) is 15.4. The molecule has 0 atom stereocenters. The summed E-state index contributed by atoms with van der Waals surface area (Å²) in [6, 6.07) is 3.43. The van der Waals surface area contributed by atoms with Crippen molar-refractivity contribution < 1.29 is 9.90 Å². The van der Waals surface area contributed by atoms with Gasteiger partial charge in [-0.15, -0.1) is 0 Å². The summed E-state index contributed by atoms with van der Waals surface area (Å²) < 4.78 is 1.81. The minimum absolute atomic E-state index is 0.121. The van der Waals surface area contributed by atoms with Crippen molar-refractivity contribution in [3.8, 4) is 11.3 Å². The molecule has 0 bridgehead atoms. The summed E-state index contributed by atoms with van der Waals surface area (Å²) in [4.78, 5) is 16.1. The van der Waals surface area contributed by atoms with Crippen molar-refractivity contribution >= 4 is 11.6 Å². The van der Waals surface area contributed by atoms with Gasteiger partial charge >= 0.3 is 0 Å². The topological polar surface area (TPSA) is 106 Å². The number of carbonyl (C=O) groups excluding carboxylic acids is 1. The number of nitrogens with one attached hydrogen (secondary N) is 1. The van der Waals surface area contributed by atoms with E-state index in [4.69, 9.17) is 10.8 Å². The molecule has 0 aliphatic carbocycles. The van der Waals surface area contributed by atoms with Gasteiger partial charge < -0.3 is 16.2 Å². The van der Waals surface area contributed by atoms with E-state index >= 15 is 0 Å². The molecule has 1 amide bonds. The van der Waals surface area contributed by atoms with Crippen LogP contribution >= 0.6 is 0 Å². The lowest BCUT2D eigenvalue weighted by Gasteiger charge is -2.07. The van der Waals surface area contributed by atoms with Crippen molar-refractivity contribution in [3.05, 3.63) is 29.7 Å². The summed E-state index contributed by atoms with van der Waals surface area (Å²) in [5, 5.41) is 15.7. The average molecular weight is 289 g/mol. The molecule has 0 aliphatic heterocycles. The van der Waals surface area contributed by atoms with E-state index in [9.17, 15) is 4.79 Å². The van der Waals surface area contributed by atoms with Crippen molar-refractivity contribution in [2.24, 2.45) is 0 Å². The summed E-state index contributed by atoms with van der Waals surface area (Å²) in [6.07, 6.45) is 2.35. The van der Waals surface area contributed by atoms with Crippen LogP contribution in [0.2, 0.25) is 0 Å². The number of nitrogen functional groups attached to an aromatic ring is 1. The highest BCUT2D eigenvalue weighted by Crippen LogP contribution is 2.23. The van der Waals surface area contributed by atoms with E-state index in [1.165, 1.54) is 7.05 Å². The summed E-state index contributed by atoms with van der Waals surface area (Å²) in [5.41, 5.74) is 8.75. The number of aryl methyl sites for hydroxylation is 1. The quantitative estimate of drug-likeness (QED) is 0.746. The third-order valence-electron chi connectivity index (χ3n) is 3.28. The average Bonchev–Trinajstić information content (AvgIpc) is 2.86. The molecule has 2 aromatic heterocycles. The Balaban J connectivity index is 2.38. The van der Waals surface area contributed by atoms with E-state index < -0.39 is 0 Å². The second-order valence-electron chi connectivity index (χ2n) is 4.66. The minimum atomic E-state index is -0.320. The molecule has 2 aromatic rings. The smallest absolute Gasteiger partial charge is 0.271 e. The minimum Gasteiger partial charge on any atom is -0.397 e. The number of aliphatic hydroxyl groups is 1. The molecule has 0 spiro atoms. The lowest BCUT2D eigenvalue weighted by atomic mass is 10.1. The highest BCUT2D eigenvalue weighted by atomic mass is 16.3. The van der Waals surface area contributed by atoms with Crippen LogP contribution in [0.15, 0.2) is 18.3 Å². The molecule has 0 saturated carbocycles. The van der Waals surface area contributed by atoms with Crippen LogP contribution in [0.5, 0.6) is 0 Å². The van der Waals surface area contributed by atoms with Gasteiger partial charge in [-0.1, -0.05) is 0 Å². The fourth-order valence-electron chi connectivity index (χ4n) is 2.06. The molecular weight excluding hydrogens is 270 g/mol. The highest BCUT2D eigenvalue weighted by molar-refractivity contribution is 5.97. The first-order valence-electron chi connectivity index (χ1n) is 6.70. The Kier molecular flexibility index (Phi) is 4.54. The first kappa shape index (κ1) is 15.0. The molecule has 0 fully saturated rings. The molecule has 7 heteroatoms. The molecule has 2 rings (SSSR count). The molecule has 0 saturated heterocycles. The standard InChI is InChI=1S/C14H19N5O2/c1-9-10(8-17-19(9)6-3-7-20)12-5-4-11(15)13(18-12)14(21)16-2/h4-5,8,20H,3,6-7,15H2,1-2H3,(H,16,21). The Morgan fingerprint density at radius 2 is 2.24 bits per heavy atom. The van der Waals surface area contributed by atoms with Crippen molar-refractivity contribution in [2.75, 3.05) is 19.4 Å². The second-order valence-corrected chi connectivity index (χ2v) is 4.66. The number of hydrogen-bond acceptors (Lipinski definition) is 5. The predicted octanol–water partition coefficient (Wildman–Crippen LogP) is 0.578. The molecule has 0 radical (unpaired) electrons. The lowest BCUT2D eigenvalue weighted by Crippen LogP contribution is -2.21. The lowest BCUT2D eigenvalue weighted by molar-refractivity contribution is 0.0959. The summed E-state index contributed by atoms with van der Waals surface area (Å²) in [5.74, 6) is -0.320. The van der Waals surface area contributed by atoms with Gasteiger partial charge in [0.05, 0.1) is 17.6 Å². The van der Waals surface area contributed by atoms with Gasteiger partial charge in [0.15, 0.2) is 5.69 Å². The number of carbonyl (C=O) groups is 1. The van der Waals surface area contributed by atoms with E-state index in [0.717, 1.165) is 11.3 Å². The van der Waals surface area contributed by atoms with Crippen LogP contribution in [0.4, 0.5) is 5.69 Å². The van der Waals surface area contributed by atoms with E-state index in [-0.39, 0.29) is 18.2 Å². The van der Waals surface area contributed by atoms with Crippen LogP contribution in [-0.4, -0.2) is 39.4 Å². The van der Waals surface area contributed by atoms with Crippen molar-refractivity contribution in [3.63, 3.8) is 0 Å². The van der Waals surface area contributed by atoms with Gasteiger partial charge in [-0.3, -0.25) is 9.48 Å². The molecule has 0 aliphatic rings. The second kappa shape index (κ2) is 6.36. The monoisotopic (exact) mass is 289 g/mol. The van der Waals surface area contributed by atoms with E-state index in [2.05, 4.69) is 15.4 Å². The number of aromatic nitrogens is 3. The Bertz CT molecular complexity index is 651. The van der Waals surface area contributed by atoms with Crippen molar-refractivity contribution in [1.29, 1.82) is 0 Å². The Morgan fingerprint density at radius 3 is 2.90 bits per heavy atom. The number of anilines is 1. The van der Waals surface area contributed by atoms with Gasteiger partial charge in [-0.25, -0.2) is 4.98 Å². The maximum atomic E-state index is 11.7. The maximum Gasteiger partial charge on any atom is 0.271 e. The molecular formula is C14H19N5O2. The van der Waals surface area contributed by atoms with E-state index in [0.29, 0.717) is 24.3 Å². The third-order valence-corrected chi connectivity index (χ3v) is 3.28. The molecule has 0 aromatic carbocycles. The van der Waals surface area contributed by atoms with Crippen LogP contribution in [-0.2, 0) is 6.54 Å². The number of hydrogen-bond donors (Lipinski definition) is 3. The number of pyridine rings is 1. The van der Waals surface area contributed by atoms with E-state index in [1.807, 2.05) is 11.6 Å². The summed E-state index contributed by atoms with van der Waals surface area (Å²) in [6.45, 7) is 2.69. The van der Waals surface area contributed by atoms with Gasteiger partial charge in [-0.05, 0) is 25.5 Å². The van der Waals surface area contributed by atoms with Crippen LogP contribution in [0, 0.1) is 6.92 Å². The molecule has 2 heterocycles. The molecule has 0 unspecified atom stereocenters. The number of nitrogens with two attached hydrogens (primary N) is 1. The fraction of sp³-hybridized carbons (Fsp3) is 0.357. The Labute approximate surface area is 122 Å². The van der Waals surface area contributed by atoms with Gasteiger partial charge in [-0.2, -0.15) is 5.10 Å². The van der Waals surface area contributed by atoms with Gasteiger partial charge in [0.25, 0.3) is 5.91 Å². The Morgan fingerprint density at radius 1 is 1.48 bits per heavy atom. The van der Waals surface area contributed by atoms with Crippen LogP contribution in [0.25, 0.3) is 11.3 Å². The number of rotatable bonds is 5. The van der Waals surface area contributed by atoms with Gasteiger partial charge in [0, 0.05) is 31.5 Å².